The zero-order valence-corrected chi connectivity index (χ0v) is 31.0. The number of sulfone groups is 2. The van der Waals surface area contributed by atoms with Gasteiger partial charge in [-0.15, -0.1) is 0 Å². The average molecular weight is 780 g/mol. The Kier molecular flexibility index (Phi) is 9.76. The predicted molar refractivity (Wildman–Crippen MR) is 190 cm³/mol. The minimum absolute atomic E-state index is 0.00599. The molecule has 5 aromatic rings. The van der Waals surface area contributed by atoms with Gasteiger partial charge >= 0.3 is 11.9 Å². The van der Waals surface area contributed by atoms with Crippen LogP contribution in [-0.4, -0.2) is 70.6 Å². The number of carboxylic acid groups (broad SMARTS) is 2. The molecule has 0 aliphatic carbocycles. The molecule has 2 aliphatic rings. The maximum absolute atomic E-state index is 12.4. The van der Waals surface area contributed by atoms with Crippen molar-refractivity contribution >= 4 is 88.4 Å². The monoisotopic (exact) mass is 778 g/mol. The van der Waals surface area contributed by atoms with E-state index in [0.29, 0.717) is 45.2 Å². The van der Waals surface area contributed by atoms with Crippen molar-refractivity contribution in [2.75, 3.05) is 12.5 Å². The first kappa shape index (κ1) is 36.2. The number of hydrogen-bond acceptors (Lipinski definition) is 9. The summed E-state index contributed by atoms with van der Waals surface area (Å²) in [6.07, 6.45) is 6.64. The van der Waals surface area contributed by atoms with Crippen LogP contribution in [0.4, 0.5) is 0 Å². The van der Waals surface area contributed by atoms with Crippen LogP contribution in [0.15, 0.2) is 68.6 Å². The summed E-state index contributed by atoms with van der Waals surface area (Å²) >= 11 is 13.5. The highest BCUT2D eigenvalue weighted by atomic mass is 35.5. The smallest absolute Gasteiger partial charge is 0.306 e. The highest BCUT2D eigenvalue weighted by Gasteiger charge is 2.35. The van der Waals surface area contributed by atoms with Gasteiger partial charge in [-0.1, -0.05) is 41.9 Å². The summed E-state index contributed by atoms with van der Waals surface area (Å²) in [4.78, 5) is 32.2. The van der Waals surface area contributed by atoms with Gasteiger partial charge in [-0.2, -0.15) is 0 Å². The molecule has 3 atom stereocenters. The van der Waals surface area contributed by atoms with Gasteiger partial charge in [0.15, 0.2) is 29.7 Å². The lowest BCUT2D eigenvalue weighted by Gasteiger charge is -2.13. The van der Waals surface area contributed by atoms with Crippen molar-refractivity contribution in [1.82, 2.24) is 19.1 Å². The van der Waals surface area contributed by atoms with E-state index in [2.05, 4.69) is 9.97 Å². The van der Waals surface area contributed by atoms with Gasteiger partial charge in [0.2, 0.25) is 0 Å². The molecule has 17 heteroatoms. The molecule has 264 valence electrons. The number of carbonyl (C=O) groups is 2. The molecule has 4 aromatic heterocycles. The van der Waals surface area contributed by atoms with Crippen molar-refractivity contribution in [3.63, 3.8) is 0 Å². The summed E-state index contributed by atoms with van der Waals surface area (Å²) in [5, 5.41) is 20.5. The highest BCUT2D eigenvalue weighted by molar-refractivity contribution is 7.99. The maximum Gasteiger partial charge on any atom is 0.306 e. The molecule has 7 rings (SSSR count). The molecular formula is C33H32Cl2N4O8S3. The van der Waals surface area contributed by atoms with Gasteiger partial charge in [0.25, 0.3) is 0 Å². The quantitative estimate of drug-likeness (QED) is 0.176. The number of rotatable bonds is 8. The largest absolute Gasteiger partial charge is 0.481 e. The summed E-state index contributed by atoms with van der Waals surface area (Å²) in [5.74, 6) is -2.52. The van der Waals surface area contributed by atoms with Crippen molar-refractivity contribution in [1.29, 1.82) is 0 Å². The number of nitrogens with zero attached hydrogens (tertiary/aromatic N) is 4. The highest BCUT2D eigenvalue weighted by Crippen LogP contribution is 2.48. The number of aliphatic carboxylic acids is 2. The Balaban J connectivity index is 0.000000182. The molecule has 0 bridgehead atoms. The second-order valence-electron chi connectivity index (χ2n) is 12.5. The zero-order valence-electron chi connectivity index (χ0n) is 27.0. The molecule has 0 spiro atoms. The third-order valence-electron chi connectivity index (χ3n) is 9.12. The summed E-state index contributed by atoms with van der Waals surface area (Å²) in [7, 11) is -7.00. The van der Waals surface area contributed by atoms with Gasteiger partial charge in [-0.25, -0.2) is 26.8 Å². The first-order valence-electron chi connectivity index (χ1n) is 15.4. The molecule has 12 nitrogen and oxygen atoms in total. The van der Waals surface area contributed by atoms with E-state index in [1.807, 2.05) is 9.13 Å². The van der Waals surface area contributed by atoms with Crippen molar-refractivity contribution in [2.24, 2.45) is 5.92 Å². The Morgan fingerprint density at radius 1 is 0.900 bits per heavy atom. The third kappa shape index (κ3) is 6.73. The minimum Gasteiger partial charge on any atom is -0.481 e. The van der Waals surface area contributed by atoms with Crippen LogP contribution in [0.3, 0.4) is 0 Å². The molecule has 0 amide bonds. The van der Waals surface area contributed by atoms with E-state index < -0.39 is 37.5 Å². The van der Waals surface area contributed by atoms with Crippen molar-refractivity contribution in [3.05, 3.63) is 70.2 Å². The van der Waals surface area contributed by atoms with Crippen LogP contribution in [0.1, 0.15) is 49.4 Å². The first-order chi connectivity index (χ1) is 23.5. The van der Waals surface area contributed by atoms with Crippen molar-refractivity contribution in [3.8, 4) is 0 Å². The number of carboxylic acids is 2. The van der Waals surface area contributed by atoms with Gasteiger partial charge in [0.1, 0.15) is 0 Å². The number of aromatic nitrogens is 4. The molecule has 2 aliphatic heterocycles. The summed E-state index contributed by atoms with van der Waals surface area (Å²) < 4.78 is 52.5. The van der Waals surface area contributed by atoms with Crippen LogP contribution in [0.25, 0.3) is 21.8 Å². The fraction of sp³-hybridized carbons (Fsp3) is 0.333. The molecule has 3 unspecified atom stereocenters. The van der Waals surface area contributed by atoms with E-state index in [4.69, 9.17) is 23.2 Å². The van der Waals surface area contributed by atoms with Crippen LogP contribution in [-0.2, 0) is 42.4 Å². The van der Waals surface area contributed by atoms with Crippen LogP contribution in [0, 0.1) is 5.92 Å². The zero-order chi connectivity index (χ0) is 36.3. The van der Waals surface area contributed by atoms with Gasteiger partial charge < -0.3 is 19.3 Å². The summed E-state index contributed by atoms with van der Waals surface area (Å²) in [6.45, 7) is 3.02. The molecule has 2 N–H and O–H groups in total. The number of aryl methyl sites for hydroxylation is 2. The Labute approximate surface area is 302 Å². The molecule has 0 saturated heterocycles. The lowest BCUT2D eigenvalue weighted by molar-refractivity contribution is -0.142. The maximum atomic E-state index is 12.4. The van der Waals surface area contributed by atoms with Crippen LogP contribution >= 0.6 is 35.0 Å². The summed E-state index contributed by atoms with van der Waals surface area (Å²) in [5.41, 5.74) is 3.26. The van der Waals surface area contributed by atoms with Gasteiger partial charge in [-0.05, 0) is 49.2 Å². The number of pyridine rings is 2. The number of benzene rings is 1. The predicted octanol–water partition coefficient (Wildman–Crippen LogP) is 6.51. The van der Waals surface area contributed by atoms with Crippen molar-refractivity contribution in [2.45, 2.75) is 71.0 Å². The normalized spacial score (nSPS) is 17.7. The fourth-order valence-electron chi connectivity index (χ4n) is 6.90. The van der Waals surface area contributed by atoms with Gasteiger partial charge in [0, 0.05) is 76.4 Å². The Hall–Kier alpha value is -3.63. The minimum atomic E-state index is -3.59. The summed E-state index contributed by atoms with van der Waals surface area (Å²) in [6, 6.07) is 10.5. The van der Waals surface area contributed by atoms with E-state index in [1.165, 1.54) is 24.2 Å². The second kappa shape index (κ2) is 13.5. The average Bonchev–Trinajstić information content (AvgIpc) is 3.79. The van der Waals surface area contributed by atoms with Gasteiger partial charge in [0.05, 0.1) is 38.8 Å². The number of hydrogen-bond donors (Lipinski definition) is 2. The van der Waals surface area contributed by atoms with Crippen molar-refractivity contribution < 1.29 is 36.6 Å². The Bertz CT molecular complexity index is 2430. The molecule has 1 aromatic carbocycles. The topological polar surface area (TPSA) is 179 Å². The van der Waals surface area contributed by atoms with Crippen LogP contribution in [0.5, 0.6) is 0 Å². The molecule has 0 saturated carbocycles. The molecule has 0 radical (unpaired) electrons. The number of halogens is 2. The van der Waals surface area contributed by atoms with E-state index in [9.17, 15) is 36.6 Å². The van der Waals surface area contributed by atoms with Crippen LogP contribution < -0.4 is 0 Å². The van der Waals surface area contributed by atoms with Crippen LogP contribution in [0.2, 0.25) is 10.0 Å². The first-order valence-corrected chi connectivity index (χ1v) is 20.8. The molecular weight excluding hydrogens is 747 g/mol. The second-order valence-corrected chi connectivity index (χ2v) is 18.2. The van der Waals surface area contributed by atoms with E-state index in [0.717, 1.165) is 46.2 Å². The molecule has 50 heavy (non-hydrogen) atoms. The van der Waals surface area contributed by atoms with E-state index in [1.54, 1.807) is 43.3 Å². The third-order valence-corrected chi connectivity index (χ3v) is 13.0. The lowest BCUT2D eigenvalue weighted by Crippen LogP contribution is -2.17. The molecule has 0 fully saturated rings. The van der Waals surface area contributed by atoms with Gasteiger partial charge in [-0.3, -0.25) is 9.59 Å². The standard InChI is InChI=1S/C19H16Cl2N2O4S2.C14H16N2O4S/c1-29(26,27)19-16-14(4-6-22-19)23-7-5-10(8-15(24)25)17(23)18(16)28-11-2-3-12(20)13(21)9-11;1-8(14(17)18)9-4-6-16-11-3-5-15-13(21(2,19)20)10(11)7-12(9)16/h2-4,6,9-10H,5,7-8H2,1H3,(H,24,25);3,5,7-9H,4,6H2,1-2H3,(H,17,18). The molecule has 6 heterocycles. The number of fused-ring (bicyclic) bond motifs is 6. The Morgan fingerprint density at radius 2 is 1.54 bits per heavy atom. The lowest BCUT2D eigenvalue weighted by atomic mass is 9.90. The fourth-order valence-corrected chi connectivity index (χ4v) is 10.2. The SMILES string of the molecule is CC(C(=O)O)C1CCn2c1cc1c(S(C)(=O)=O)nccc12.CS(=O)(=O)c1nccc2c1c(Sc1ccc(Cl)c(Cl)c1)c1n2CCC1CC(=O)O. The Morgan fingerprint density at radius 3 is 2.16 bits per heavy atom. The van der Waals surface area contributed by atoms with E-state index in [-0.39, 0.29) is 28.3 Å². The van der Waals surface area contributed by atoms with E-state index >= 15 is 0 Å².